The molecule has 0 bridgehead atoms. The van der Waals surface area contributed by atoms with Gasteiger partial charge in [-0.3, -0.25) is 4.79 Å². The second-order valence-corrected chi connectivity index (χ2v) is 6.87. The summed E-state index contributed by atoms with van der Waals surface area (Å²) in [5.41, 5.74) is 5.45. The Kier molecular flexibility index (Phi) is 4.20. The quantitative estimate of drug-likeness (QED) is 0.461. The van der Waals surface area contributed by atoms with Crippen molar-refractivity contribution >= 4 is 40.6 Å². The van der Waals surface area contributed by atoms with Crippen LogP contribution in [0, 0.1) is 0 Å². The Hall–Kier alpha value is -2.35. The predicted octanol–water partition coefficient (Wildman–Crippen LogP) is 6.32. The van der Waals surface area contributed by atoms with Crippen LogP contribution in [0.5, 0.6) is 0 Å². The van der Waals surface area contributed by atoms with Gasteiger partial charge in [0.05, 0.1) is 10.0 Å². The number of rotatable bonds is 1. The highest BCUT2D eigenvalue weighted by Gasteiger charge is 2.23. The molecule has 3 heteroatoms. The average Bonchev–Trinajstić information content (AvgIpc) is 2.74. The maximum absolute atomic E-state index is 13.2. The van der Waals surface area contributed by atoms with Crippen LogP contribution in [0.15, 0.2) is 66.7 Å². The molecule has 0 aliphatic heterocycles. The fourth-order valence-electron chi connectivity index (χ4n) is 3.22. The molecule has 3 aromatic carbocycles. The van der Waals surface area contributed by atoms with E-state index in [0.29, 0.717) is 15.6 Å². The van der Waals surface area contributed by atoms with Gasteiger partial charge in [0, 0.05) is 11.1 Å². The Morgan fingerprint density at radius 1 is 0.760 bits per heavy atom. The van der Waals surface area contributed by atoms with Gasteiger partial charge in [-0.05, 0) is 46.9 Å². The first-order valence-electron chi connectivity index (χ1n) is 8.01. The van der Waals surface area contributed by atoms with Gasteiger partial charge in [0.1, 0.15) is 0 Å². The van der Waals surface area contributed by atoms with Crippen LogP contribution in [-0.2, 0) is 6.42 Å². The van der Waals surface area contributed by atoms with E-state index in [4.69, 9.17) is 23.2 Å². The molecule has 0 unspecified atom stereocenters. The number of ketones is 1. The van der Waals surface area contributed by atoms with Crippen LogP contribution in [0.2, 0.25) is 10.0 Å². The highest BCUT2D eigenvalue weighted by Crippen LogP contribution is 2.33. The van der Waals surface area contributed by atoms with Gasteiger partial charge in [-0.1, -0.05) is 77.8 Å². The maximum Gasteiger partial charge on any atom is 0.193 e. The summed E-state index contributed by atoms with van der Waals surface area (Å²) in [6, 6.07) is 21.2. The van der Waals surface area contributed by atoms with Crippen molar-refractivity contribution in [2.75, 3.05) is 0 Å². The normalized spacial score (nSPS) is 14.8. The van der Waals surface area contributed by atoms with E-state index in [-0.39, 0.29) is 5.78 Å². The molecule has 0 N–H and O–H groups in total. The number of hydrogen-bond acceptors (Lipinski definition) is 1. The van der Waals surface area contributed by atoms with Crippen LogP contribution in [-0.4, -0.2) is 5.78 Å². The van der Waals surface area contributed by atoms with Crippen molar-refractivity contribution < 1.29 is 4.79 Å². The Balaban J connectivity index is 1.94. The molecule has 0 aromatic heterocycles. The lowest BCUT2D eigenvalue weighted by Gasteiger charge is -2.09. The van der Waals surface area contributed by atoms with E-state index in [1.54, 1.807) is 12.1 Å². The number of carbonyl (C=O) groups excluding carboxylic acids is 1. The first kappa shape index (κ1) is 16.1. The molecule has 122 valence electrons. The SMILES string of the molecule is O=C1C(=Cc2ccc(Cl)c(Cl)c2)c2ccccc2Cc2ccccc21. The number of benzene rings is 3. The number of carbonyl (C=O) groups is 1. The molecule has 1 nitrogen and oxygen atoms in total. The topological polar surface area (TPSA) is 17.1 Å². The summed E-state index contributed by atoms with van der Waals surface area (Å²) < 4.78 is 0. The number of halogens is 2. The monoisotopic (exact) mass is 364 g/mol. The Bertz CT molecular complexity index is 1020. The number of fused-ring (bicyclic) bond motifs is 2. The highest BCUT2D eigenvalue weighted by atomic mass is 35.5. The lowest BCUT2D eigenvalue weighted by molar-refractivity contribution is 0.105. The summed E-state index contributed by atoms with van der Waals surface area (Å²) in [6.07, 6.45) is 2.64. The molecule has 0 radical (unpaired) electrons. The predicted molar refractivity (Wildman–Crippen MR) is 104 cm³/mol. The fourth-order valence-corrected chi connectivity index (χ4v) is 3.52. The van der Waals surface area contributed by atoms with Gasteiger partial charge in [-0.2, -0.15) is 0 Å². The minimum atomic E-state index is 0.0339. The van der Waals surface area contributed by atoms with Gasteiger partial charge < -0.3 is 0 Å². The molecule has 0 atom stereocenters. The first-order valence-corrected chi connectivity index (χ1v) is 8.77. The Morgan fingerprint density at radius 2 is 1.40 bits per heavy atom. The van der Waals surface area contributed by atoms with Crippen molar-refractivity contribution in [3.8, 4) is 0 Å². The molecule has 0 saturated heterocycles. The average molecular weight is 365 g/mol. The molecule has 3 aromatic rings. The van der Waals surface area contributed by atoms with Crippen molar-refractivity contribution in [1.82, 2.24) is 0 Å². The second-order valence-electron chi connectivity index (χ2n) is 6.05. The van der Waals surface area contributed by atoms with E-state index in [1.165, 1.54) is 0 Å². The first-order chi connectivity index (χ1) is 12.1. The van der Waals surface area contributed by atoms with E-state index < -0.39 is 0 Å². The largest absolute Gasteiger partial charge is 0.289 e. The molecule has 0 spiro atoms. The summed E-state index contributed by atoms with van der Waals surface area (Å²) in [5, 5.41) is 0.979. The smallest absolute Gasteiger partial charge is 0.193 e. The summed E-state index contributed by atoms with van der Waals surface area (Å²) in [5.74, 6) is 0.0339. The number of hydrogen-bond donors (Lipinski definition) is 0. The number of allylic oxidation sites excluding steroid dienone is 1. The molecule has 4 rings (SSSR count). The third-order valence-corrected chi connectivity index (χ3v) is 5.19. The zero-order valence-electron chi connectivity index (χ0n) is 13.3. The highest BCUT2D eigenvalue weighted by molar-refractivity contribution is 6.42. The van der Waals surface area contributed by atoms with E-state index >= 15 is 0 Å². The molecular weight excluding hydrogens is 351 g/mol. The minimum Gasteiger partial charge on any atom is -0.289 e. The van der Waals surface area contributed by atoms with Crippen molar-refractivity contribution in [1.29, 1.82) is 0 Å². The summed E-state index contributed by atoms with van der Waals surface area (Å²) in [4.78, 5) is 13.2. The fraction of sp³-hybridized carbons (Fsp3) is 0.0455. The van der Waals surface area contributed by atoms with Crippen molar-refractivity contribution in [3.05, 3.63) is 105 Å². The van der Waals surface area contributed by atoms with E-state index in [2.05, 4.69) is 6.07 Å². The van der Waals surface area contributed by atoms with E-state index in [0.717, 1.165) is 34.2 Å². The molecule has 0 saturated carbocycles. The van der Waals surface area contributed by atoms with Gasteiger partial charge in [-0.15, -0.1) is 0 Å². The Morgan fingerprint density at radius 3 is 2.12 bits per heavy atom. The molecule has 1 aliphatic rings. The minimum absolute atomic E-state index is 0.0339. The third-order valence-electron chi connectivity index (χ3n) is 4.45. The zero-order chi connectivity index (χ0) is 17.4. The maximum atomic E-state index is 13.2. The van der Waals surface area contributed by atoms with E-state index in [1.807, 2.05) is 54.6 Å². The summed E-state index contributed by atoms with van der Waals surface area (Å²) in [7, 11) is 0. The van der Waals surface area contributed by atoms with Crippen LogP contribution in [0.1, 0.15) is 32.6 Å². The molecule has 1 aliphatic carbocycles. The van der Waals surface area contributed by atoms with Gasteiger partial charge >= 0.3 is 0 Å². The standard InChI is InChI=1S/C22H14Cl2O/c23-20-10-9-14(12-21(20)24)11-19-17-7-3-1-5-15(17)13-16-6-2-4-8-18(16)22(19)25/h1-12H,13H2. The second kappa shape index (κ2) is 6.51. The molecule has 0 fully saturated rings. The summed E-state index contributed by atoms with van der Waals surface area (Å²) in [6.45, 7) is 0. The van der Waals surface area contributed by atoms with E-state index in [9.17, 15) is 4.79 Å². The zero-order valence-corrected chi connectivity index (χ0v) is 14.8. The molecule has 0 heterocycles. The third kappa shape index (κ3) is 3.02. The van der Waals surface area contributed by atoms with Crippen molar-refractivity contribution in [3.63, 3.8) is 0 Å². The molecule has 25 heavy (non-hydrogen) atoms. The lowest BCUT2D eigenvalue weighted by atomic mass is 9.94. The Labute approximate surface area is 156 Å². The van der Waals surface area contributed by atoms with Gasteiger partial charge in [0.25, 0.3) is 0 Å². The molecule has 0 amide bonds. The van der Waals surface area contributed by atoms with Gasteiger partial charge in [0.2, 0.25) is 0 Å². The number of Topliss-reactive ketones (excluding diaryl/α,β-unsaturated/α-hetero) is 1. The van der Waals surface area contributed by atoms with Crippen LogP contribution in [0.25, 0.3) is 11.6 Å². The van der Waals surface area contributed by atoms with Gasteiger partial charge in [0.15, 0.2) is 5.78 Å². The van der Waals surface area contributed by atoms with Gasteiger partial charge in [-0.25, -0.2) is 0 Å². The molecular formula is C22H14Cl2O. The van der Waals surface area contributed by atoms with Crippen molar-refractivity contribution in [2.45, 2.75) is 6.42 Å². The lowest BCUT2D eigenvalue weighted by Crippen LogP contribution is -2.03. The van der Waals surface area contributed by atoms with Crippen LogP contribution >= 0.6 is 23.2 Å². The van der Waals surface area contributed by atoms with Crippen LogP contribution in [0.4, 0.5) is 0 Å². The van der Waals surface area contributed by atoms with Crippen LogP contribution in [0.3, 0.4) is 0 Å². The van der Waals surface area contributed by atoms with Crippen molar-refractivity contribution in [2.24, 2.45) is 0 Å². The summed E-state index contributed by atoms with van der Waals surface area (Å²) >= 11 is 12.1. The van der Waals surface area contributed by atoms with Crippen LogP contribution < -0.4 is 0 Å².